The number of rotatable bonds is 8. The molecule has 0 aliphatic heterocycles. The van der Waals surface area contributed by atoms with E-state index in [4.69, 9.17) is 0 Å². The summed E-state index contributed by atoms with van der Waals surface area (Å²) in [4.78, 5) is 0. The molecular formula is C12H26O2. The zero-order valence-electron chi connectivity index (χ0n) is 9.92. The van der Waals surface area contributed by atoms with E-state index >= 15 is 0 Å². The summed E-state index contributed by atoms with van der Waals surface area (Å²) >= 11 is 0. The minimum absolute atomic E-state index is 0.555. The van der Waals surface area contributed by atoms with Crippen LogP contribution in [0.2, 0.25) is 0 Å². The molecule has 0 bridgehead atoms. The third kappa shape index (κ3) is 5.61. The molecule has 0 spiro atoms. The molecule has 0 aromatic rings. The molecule has 0 aliphatic rings. The zero-order chi connectivity index (χ0) is 11.0. The maximum Gasteiger partial charge on any atom is 0.0877 e. The van der Waals surface area contributed by atoms with Crippen molar-refractivity contribution in [2.24, 2.45) is 0 Å². The van der Waals surface area contributed by atoms with Crippen LogP contribution in [0.4, 0.5) is 0 Å². The first kappa shape index (κ1) is 13.9. The third-order valence-corrected chi connectivity index (χ3v) is 2.84. The van der Waals surface area contributed by atoms with Crippen molar-refractivity contribution in [3.05, 3.63) is 0 Å². The van der Waals surface area contributed by atoms with Crippen molar-refractivity contribution in [3.63, 3.8) is 0 Å². The highest BCUT2D eigenvalue weighted by atomic mass is 16.3. The normalized spacial score (nSPS) is 17.8. The van der Waals surface area contributed by atoms with E-state index in [1.807, 2.05) is 0 Å². The van der Waals surface area contributed by atoms with E-state index in [1.165, 1.54) is 0 Å². The van der Waals surface area contributed by atoms with Crippen LogP contribution in [-0.4, -0.2) is 21.9 Å². The number of unbranched alkanes of at least 4 members (excludes halogenated alkanes) is 3. The van der Waals surface area contributed by atoms with Crippen molar-refractivity contribution in [2.75, 3.05) is 0 Å². The highest BCUT2D eigenvalue weighted by Gasteiger charge is 2.28. The van der Waals surface area contributed by atoms with E-state index in [9.17, 15) is 10.2 Å². The van der Waals surface area contributed by atoms with E-state index in [0.717, 1.165) is 38.5 Å². The smallest absolute Gasteiger partial charge is 0.0877 e. The lowest BCUT2D eigenvalue weighted by molar-refractivity contribution is -0.0719. The fraction of sp³-hybridized carbons (Fsp3) is 1.00. The van der Waals surface area contributed by atoms with Crippen LogP contribution in [0.1, 0.15) is 65.7 Å². The molecule has 0 fully saturated rings. The minimum atomic E-state index is -0.885. The molecular weight excluding hydrogens is 176 g/mol. The van der Waals surface area contributed by atoms with E-state index in [1.54, 1.807) is 6.92 Å². The number of hydrogen-bond donors (Lipinski definition) is 2. The van der Waals surface area contributed by atoms with Gasteiger partial charge in [-0.05, 0) is 19.8 Å². The molecule has 0 rings (SSSR count). The van der Waals surface area contributed by atoms with Crippen molar-refractivity contribution in [3.8, 4) is 0 Å². The Kier molecular flexibility index (Phi) is 7.20. The Morgan fingerprint density at radius 3 is 2.14 bits per heavy atom. The summed E-state index contributed by atoms with van der Waals surface area (Å²) in [6.07, 6.45) is 6.24. The lowest BCUT2D eigenvalue weighted by Gasteiger charge is -2.29. The highest BCUT2D eigenvalue weighted by Crippen LogP contribution is 2.21. The summed E-state index contributed by atoms with van der Waals surface area (Å²) in [6.45, 7) is 5.99. The van der Waals surface area contributed by atoms with Gasteiger partial charge in [-0.1, -0.05) is 46.0 Å². The van der Waals surface area contributed by atoms with Gasteiger partial charge in [-0.2, -0.15) is 0 Å². The molecule has 86 valence electrons. The van der Waals surface area contributed by atoms with Gasteiger partial charge in [-0.15, -0.1) is 0 Å². The van der Waals surface area contributed by atoms with Gasteiger partial charge < -0.3 is 10.2 Å². The monoisotopic (exact) mass is 202 g/mol. The molecule has 2 atom stereocenters. The van der Waals surface area contributed by atoms with Crippen molar-refractivity contribution in [1.82, 2.24) is 0 Å². The van der Waals surface area contributed by atoms with Crippen LogP contribution in [0.25, 0.3) is 0 Å². The van der Waals surface area contributed by atoms with Crippen molar-refractivity contribution >= 4 is 0 Å². The predicted octanol–water partition coefficient (Wildman–Crippen LogP) is 2.87. The second-order valence-corrected chi connectivity index (χ2v) is 4.47. The number of hydrogen-bond acceptors (Lipinski definition) is 2. The maximum atomic E-state index is 9.96. The molecule has 0 saturated carbocycles. The third-order valence-electron chi connectivity index (χ3n) is 2.84. The molecule has 0 aromatic heterocycles. The highest BCUT2D eigenvalue weighted by molar-refractivity contribution is 4.81. The van der Waals surface area contributed by atoms with Crippen molar-refractivity contribution < 1.29 is 10.2 Å². The Morgan fingerprint density at radius 2 is 1.64 bits per heavy atom. The van der Waals surface area contributed by atoms with Gasteiger partial charge in [-0.3, -0.25) is 0 Å². The van der Waals surface area contributed by atoms with Crippen LogP contribution < -0.4 is 0 Å². The minimum Gasteiger partial charge on any atom is -0.390 e. The predicted molar refractivity (Wildman–Crippen MR) is 60.3 cm³/mol. The molecule has 0 aromatic carbocycles. The molecule has 0 saturated heterocycles. The molecule has 2 heteroatoms. The Morgan fingerprint density at radius 1 is 1.07 bits per heavy atom. The van der Waals surface area contributed by atoms with Gasteiger partial charge in [0.1, 0.15) is 0 Å². The quantitative estimate of drug-likeness (QED) is 0.594. The first-order valence-electron chi connectivity index (χ1n) is 5.95. The lowest BCUT2D eigenvalue weighted by Crippen LogP contribution is -2.39. The standard InChI is InChI=1S/C12H26O2/c1-4-6-8-9-11(13)12(3,14)10-7-5-2/h11,13-14H,4-10H2,1-3H3/t11?,12-/m0/s1. The van der Waals surface area contributed by atoms with Crippen LogP contribution in [0.15, 0.2) is 0 Å². The summed E-state index contributed by atoms with van der Waals surface area (Å²) in [7, 11) is 0. The SMILES string of the molecule is CCCCCC(O)[C@@](C)(O)CCCC. The summed E-state index contributed by atoms with van der Waals surface area (Å²) < 4.78 is 0. The Hall–Kier alpha value is -0.0800. The molecule has 2 nitrogen and oxygen atoms in total. The molecule has 14 heavy (non-hydrogen) atoms. The van der Waals surface area contributed by atoms with Gasteiger partial charge in [0.2, 0.25) is 0 Å². The Balaban J connectivity index is 3.75. The lowest BCUT2D eigenvalue weighted by atomic mass is 9.89. The van der Waals surface area contributed by atoms with Gasteiger partial charge in [-0.25, -0.2) is 0 Å². The second kappa shape index (κ2) is 7.24. The molecule has 1 unspecified atom stereocenters. The maximum absolute atomic E-state index is 9.96. The molecule has 0 heterocycles. The number of aliphatic hydroxyl groups excluding tert-OH is 1. The first-order chi connectivity index (χ1) is 6.54. The molecule has 2 N–H and O–H groups in total. The van der Waals surface area contributed by atoms with E-state index in [2.05, 4.69) is 13.8 Å². The second-order valence-electron chi connectivity index (χ2n) is 4.47. The van der Waals surface area contributed by atoms with Crippen LogP contribution in [0, 0.1) is 0 Å². The average Bonchev–Trinajstić information content (AvgIpc) is 2.15. The van der Waals surface area contributed by atoms with E-state index < -0.39 is 11.7 Å². The fourth-order valence-electron chi connectivity index (χ4n) is 1.60. The fourth-order valence-corrected chi connectivity index (χ4v) is 1.60. The van der Waals surface area contributed by atoms with Crippen LogP contribution in [0.3, 0.4) is 0 Å². The topological polar surface area (TPSA) is 40.5 Å². The molecule has 0 aliphatic carbocycles. The van der Waals surface area contributed by atoms with Gasteiger partial charge in [0, 0.05) is 0 Å². The van der Waals surface area contributed by atoms with E-state index in [-0.39, 0.29) is 0 Å². The van der Waals surface area contributed by atoms with Gasteiger partial charge >= 0.3 is 0 Å². The van der Waals surface area contributed by atoms with Crippen LogP contribution in [-0.2, 0) is 0 Å². The Labute approximate surface area is 88.3 Å². The molecule has 0 amide bonds. The molecule has 0 radical (unpaired) electrons. The summed E-state index contributed by atoms with van der Waals surface area (Å²) in [5, 5.41) is 19.7. The van der Waals surface area contributed by atoms with Gasteiger partial charge in [0.25, 0.3) is 0 Å². The van der Waals surface area contributed by atoms with Crippen molar-refractivity contribution in [1.29, 1.82) is 0 Å². The first-order valence-corrected chi connectivity index (χ1v) is 5.95. The largest absolute Gasteiger partial charge is 0.390 e. The Bertz CT molecular complexity index is 132. The van der Waals surface area contributed by atoms with Crippen LogP contribution in [0.5, 0.6) is 0 Å². The van der Waals surface area contributed by atoms with Gasteiger partial charge in [0.05, 0.1) is 11.7 Å². The number of aliphatic hydroxyl groups is 2. The zero-order valence-corrected chi connectivity index (χ0v) is 9.92. The summed E-state index contributed by atoms with van der Waals surface area (Å²) in [5.74, 6) is 0. The summed E-state index contributed by atoms with van der Waals surface area (Å²) in [5.41, 5.74) is -0.885. The van der Waals surface area contributed by atoms with Crippen molar-refractivity contribution in [2.45, 2.75) is 77.4 Å². The van der Waals surface area contributed by atoms with Crippen LogP contribution >= 0.6 is 0 Å². The van der Waals surface area contributed by atoms with Gasteiger partial charge in [0.15, 0.2) is 0 Å². The van der Waals surface area contributed by atoms with E-state index in [0.29, 0.717) is 6.42 Å². The average molecular weight is 202 g/mol. The summed E-state index contributed by atoms with van der Waals surface area (Å²) in [6, 6.07) is 0.